The molecule has 8 heteroatoms. The molecule has 1 N–H and O–H groups in total. The van der Waals surface area contributed by atoms with Crippen molar-refractivity contribution in [3.63, 3.8) is 0 Å². The number of hydrogen-bond donors (Lipinski definition) is 1. The van der Waals surface area contributed by atoms with Gasteiger partial charge in [0.1, 0.15) is 18.1 Å². The Labute approximate surface area is 190 Å². The van der Waals surface area contributed by atoms with Crippen LogP contribution in [0.25, 0.3) is 0 Å². The van der Waals surface area contributed by atoms with Crippen LogP contribution in [0.15, 0.2) is 48.5 Å². The Morgan fingerprint density at radius 1 is 1.06 bits per heavy atom. The second-order valence-corrected chi connectivity index (χ2v) is 10.3. The van der Waals surface area contributed by atoms with Crippen LogP contribution in [0.4, 0.5) is 0 Å². The van der Waals surface area contributed by atoms with Crippen molar-refractivity contribution in [2.45, 2.75) is 38.5 Å². The first-order valence-electron chi connectivity index (χ1n) is 10.9. The molecule has 2 aromatic rings. The fourth-order valence-electron chi connectivity index (χ4n) is 3.68. The summed E-state index contributed by atoms with van der Waals surface area (Å²) >= 11 is 0. The average Bonchev–Trinajstić information content (AvgIpc) is 2.79. The van der Waals surface area contributed by atoms with E-state index in [-0.39, 0.29) is 23.6 Å². The van der Waals surface area contributed by atoms with Crippen LogP contribution in [0, 0.1) is 12.8 Å². The molecule has 0 aromatic heterocycles. The Bertz CT molecular complexity index is 982. The van der Waals surface area contributed by atoms with E-state index >= 15 is 0 Å². The molecule has 174 valence electrons. The molecule has 0 radical (unpaired) electrons. The van der Waals surface area contributed by atoms with Gasteiger partial charge in [-0.15, -0.1) is 0 Å². The molecule has 1 amide bonds. The zero-order valence-corrected chi connectivity index (χ0v) is 19.7. The molecule has 0 saturated carbocycles. The maximum atomic E-state index is 12.8. The fraction of sp³-hybridized carbons (Fsp3) is 0.458. The Morgan fingerprint density at radius 2 is 1.66 bits per heavy atom. The Balaban J connectivity index is 1.43. The summed E-state index contributed by atoms with van der Waals surface area (Å²) in [7, 11) is -1.78. The smallest absolute Gasteiger partial charge is 0.223 e. The molecule has 3 rings (SSSR count). The molecule has 1 aliphatic heterocycles. The average molecular weight is 461 g/mol. The summed E-state index contributed by atoms with van der Waals surface area (Å²) in [5.74, 6) is 1.21. The Morgan fingerprint density at radius 3 is 2.25 bits per heavy atom. The summed E-state index contributed by atoms with van der Waals surface area (Å²) in [5.41, 5.74) is 1.88. The minimum Gasteiger partial charge on any atom is -0.497 e. The van der Waals surface area contributed by atoms with Crippen molar-refractivity contribution < 1.29 is 22.7 Å². The molecule has 7 nitrogen and oxygen atoms in total. The zero-order valence-electron chi connectivity index (χ0n) is 18.9. The number of carbonyl (C=O) groups excluding carboxylic acids is 1. The van der Waals surface area contributed by atoms with Crippen LogP contribution in [0.3, 0.4) is 0 Å². The van der Waals surface area contributed by atoms with Crippen LogP contribution in [0.5, 0.6) is 11.5 Å². The lowest BCUT2D eigenvalue weighted by Crippen LogP contribution is -2.46. The van der Waals surface area contributed by atoms with E-state index in [4.69, 9.17) is 9.47 Å². The van der Waals surface area contributed by atoms with Gasteiger partial charge in [0, 0.05) is 19.0 Å². The Kier molecular flexibility index (Phi) is 8.15. The molecule has 0 unspecified atom stereocenters. The fourth-order valence-corrected chi connectivity index (χ4v) is 5.24. The van der Waals surface area contributed by atoms with Crippen LogP contribution in [0.1, 0.15) is 30.9 Å². The van der Waals surface area contributed by atoms with Gasteiger partial charge in [-0.25, -0.2) is 12.7 Å². The lowest BCUT2D eigenvalue weighted by atomic mass is 9.97. The number of hydrogen-bond acceptors (Lipinski definition) is 5. The molecule has 1 atom stereocenters. The van der Waals surface area contributed by atoms with Gasteiger partial charge in [0.15, 0.2) is 0 Å². The highest BCUT2D eigenvalue weighted by molar-refractivity contribution is 7.88. The first kappa shape index (κ1) is 24.1. The first-order chi connectivity index (χ1) is 15.3. The largest absolute Gasteiger partial charge is 0.497 e. The van der Waals surface area contributed by atoms with Gasteiger partial charge in [-0.2, -0.15) is 0 Å². The minimum absolute atomic E-state index is 0.0100. The maximum absolute atomic E-state index is 12.8. The number of nitrogens with zero attached hydrogens (tertiary/aromatic N) is 1. The van der Waals surface area contributed by atoms with Gasteiger partial charge in [0.05, 0.1) is 18.9 Å². The predicted octanol–water partition coefficient (Wildman–Crippen LogP) is 3.13. The normalized spacial score (nSPS) is 16.3. The van der Waals surface area contributed by atoms with Crippen LogP contribution in [-0.2, 0) is 20.6 Å². The van der Waals surface area contributed by atoms with E-state index in [2.05, 4.69) is 5.32 Å². The highest BCUT2D eigenvalue weighted by Gasteiger charge is 2.31. The summed E-state index contributed by atoms with van der Waals surface area (Å²) < 4.78 is 37.9. The predicted molar refractivity (Wildman–Crippen MR) is 124 cm³/mol. The number of ether oxygens (including phenoxy) is 2. The summed E-state index contributed by atoms with van der Waals surface area (Å²) in [5, 5.41) is 2.98. The van der Waals surface area contributed by atoms with E-state index in [1.807, 2.05) is 62.4 Å². The number of nitrogens with one attached hydrogen (secondary N) is 1. The number of amides is 1. The van der Waals surface area contributed by atoms with Gasteiger partial charge in [0.2, 0.25) is 15.9 Å². The lowest BCUT2D eigenvalue weighted by Gasteiger charge is -2.31. The molecule has 0 aliphatic carbocycles. The summed E-state index contributed by atoms with van der Waals surface area (Å²) in [4.78, 5) is 12.6. The van der Waals surface area contributed by atoms with Gasteiger partial charge >= 0.3 is 0 Å². The van der Waals surface area contributed by atoms with E-state index in [1.165, 1.54) is 4.31 Å². The van der Waals surface area contributed by atoms with Gasteiger partial charge in [-0.1, -0.05) is 29.8 Å². The molecule has 1 fully saturated rings. The molecule has 2 aromatic carbocycles. The van der Waals surface area contributed by atoms with E-state index in [1.54, 1.807) is 7.11 Å². The zero-order chi connectivity index (χ0) is 23.1. The van der Waals surface area contributed by atoms with E-state index in [0.29, 0.717) is 38.3 Å². The first-order valence-corrected chi connectivity index (χ1v) is 12.5. The van der Waals surface area contributed by atoms with Gasteiger partial charge in [0.25, 0.3) is 0 Å². The minimum atomic E-state index is -3.39. The van der Waals surface area contributed by atoms with Crippen LogP contribution >= 0.6 is 0 Å². The van der Waals surface area contributed by atoms with Crippen LogP contribution in [0.2, 0.25) is 0 Å². The van der Waals surface area contributed by atoms with E-state index in [0.717, 1.165) is 16.9 Å². The second-order valence-electron chi connectivity index (χ2n) is 8.31. The quantitative estimate of drug-likeness (QED) is 0.622. The molecular weight excluding hydrogens is 428 g/mol. The molecule has 1 heterocycles. The summed E-state index contributed by atoms with van der Waals surface area (Å²) in [6.45, 7) is 4.94. The van der Waals surface area contributed by atoms with Gasteiger partial charge in [-0.05, 0) is 56.5 Å². The molecule has 32 heavy (non-hydrogen) atoms. The molecule has 1 aliphatic rings. The highest BCUT2D eigenvalue weighted by Crippen LogP contribution is 2.22. The Hall–Kier alpha value is -2.58. The monoisotopic (exact) mass is 460 g/mol. The third-order valence-corrected chi connectivity index (χ3v) is 7.49. The van der Waals surface area contributed by atoms with Crippen molar-refractivity contribution in [3.8, 4) is 11.5 Å². The number of aryl methyl sites for hydroxylation is 1. The van der Waals surface area contributed by atoms with Crippen molar-refractivity contribution in [3.05, 3.63) is 59.7 Å². The van der Waals surface area contributed by atoms with Crippen LogP contribution < -0.4 is 14.8 Å². The third kappa shape index (κ3) is 6.71. The standard InChI is InChI=1S/C24H32N2O5S/c1-18-4-6-20(7-5-18)17-32(28,29)26-14-12-21(13-15-26)24(27)25-19(2)16-31-23-10-8-22(30-3)9-11-23/h4-11,19,21H,12-17H2,1-3H3,(H,25,27)/t19-/m0/s1. The topological polar surface area (TPSA) is 84.9 Å². The number of carbonyl (C=O) groups is 1. The molecule has 0 spiro atoms. The highest BCUT2D eigenvalue weighted by atomic mass is 32.2. The number of benzene rings is 2. The molecular formula is C24H32N2O5S. The van der Waals surface area contributed by atoms with E-state index in [9.17, 15) is 13.2 Å². The molecule has 1 saturated heterocycles. The molecule has 0 bridgehead atoms. The number of piperidine rings is 1. The van der Waals surface area contributed by atoms with Gasteiger partial charge in [-0.3, -0.25) is 4.79 Å². The van der Waals surface area contributed by atoms with Crippen molar-refractivity contribution in [1.82, 2.24) is 9.62 Å². The van der Waals surface area contributed by atoms with Crippen molar-refractivity contribution in [1.29, 1.82) is 0 Å². The lowest BCUT2D eigenvalue weighted by molar-refractivity contribution is -0.126. The maximum Gasteiger partial charge on any atom is 0.223 e. The summed E-state index contributed by atoms with van der Waals surface area (Å²) in [6, 6.07) is 14.7. The third-order valence-electron chi connectivity index (χ3n) is 5.64. The number of methoxy groups -OCH3 is 1. The second kappa shape index (κ2) is 10.8. The van der Waals surface area contributed by atoms with E-state index < -0.39 is 10.0 Å². The van der Waals surface area contributed by atoms with Crippen molar-refractivity contribution in [2.24, 2.45) is 5.92 Å². The van der Waals surface area contributed by atoms with Crippen molar-refractivity contribution >= 4 is 15.9 Å². The van der Waals surface area contributed by atoms with Gasteiger partial charge < -0.3 is 14.8 Å². The van der Waals surface area contributed by atoms with Crippen molar-refractivity contribution in [2.75, 3.05) is 26.8 Å². The SMILES string of the molecule is COc1ccc(OC[C@H](C)NC(=O)C2CCN(S(=O)(=O)Cc3ccc(C)cc3)CC2)cc1. The van der Waals surface area contributed by atoms with Crippen LogP contribution in [-0.4, -0.2) is 51.5 Å². The summed E-state index contributed by atoms with van der Waals surface area (Å²) in [6.07, 6.45) is 1.04. The number of rotatable bonds is 9. The number of sulfonamides is 1.